The summed E-state index contributed by atoms with van der Waals surface area (Å²) in [7, 11) is 0. The molecule has 0 bridgehead atoms. The number of hydrogen-bond donors (Lipinski definition) is 1. The molecule has 0 saturated carbocycles. The van der Waals surface area contributed by atoms with Gasteiger partial charge < -0.3 is 5.73 Å². The Bertz CT molecular complexity index is 589. The molecule has 18 heavy (non-hydrogen) atoms. The third-order valence-electron chi connectivity index (χ3n) is 2.60. The molecule has 2 rings (SSSR count). The molecule has 0 aliphatic rings. The van der Waals surface area contributed by atoms with Gasteiger partial charge in [-0.25, -0.2) is 8.78 Å². The van der Waals surface area contributed by atoms with Crippen molar-refractivity contribution in [3.8, 4) is 0 Å². The summed E-state index contributed by atoms with van der Waals surface area (Å²) in [5.74, 6) is -0.829. The van der Waals surface area contributed by atoms with E-state index in [1.165, 1.54) is 36.4 Å². The van der Waals surface area contributed by atoms with Crippen LogP contribution in [0, 0.1) is 11.6 Å². The normalized spacial score (nSPS) is 12.5. The Morgan fingerprint density at radius 3 is 2.39 bits per heavy atom. The van der Waals surface area contributed by atoms with Gasteiger partial charge >= 0.3 is 0 Å². The fourth-order valence-corrected chi connectivity index (χ4v) is 2.22. The van der Waals surface area contributed by atoms with Crippen molar-refractivity contribution in [2.45, 2.75) is 6.04 Å². The molecule has 1 atom stereocenters. The lowest BCUT2D eigenvalue weighted by molar-refractivity contribution is 0.598. The van der Waals surface area contributed by atoms with Gasteiger partial charge in [-0.1, -0.05) is 17.7 Å². The molecule has 0 aliphatic carbocycles. The van der Waals surface area contributed by atoms with E-state index in [2.05, 4.69) is 15.9 Å². The maximum absolute atomic E-state index is 13.7. The number of nitrogens with two attached hydrogens (primary N) is 1. The predicted molar refractivity (Wildman–Crippen MR) is 71.5 cm³/mol. The molecule has 0 aliphatic heterocycles. The van der Waals surface area contributed by atoms with Gasteiger partial charge in [0.2, 0.25) is 0 Å². The number of halogens is 4. The fourth-order valence-electron chi connectivity index (χ4n) is 1.64. The lowest BCUT2D eigenvalue weighted by Gasteiger charge is -2.14. The summed E-state index contributed by atoms with van der Waals surface area (Å²) in [5, 5.41) is 0.406. The van der Waals surface area contributed by atoms with Crippen LogP contribution in [0.5, 0.6) is 0 Å². The van der Waals surface area contributed by atoms with Crippen molar-refractivity contribution in [3.05, 3.63) is 68.7 Å². The largest absolute Gasteiger partial charge is 0.320 e. The lowest BCUT2D eigenvalue weighted by Crippen LogP contribution is -2.13. The van der Waals surface area contributed by atoms with E-state index in [1.54, 1.807) is 0 Å². The van der Waals surface area contributed by atoms with Crippen LogP contribution in [0.4, 0.5) is 8.78 Å². The Morgan fingerprint density at radius 1 is 1.06 bits per heavy atom. The van der Waals surface area contributed by atoms with Crippen molar-refractivity contribution in [2.24, 2.45) is 5.73 Å². The topological polar surface area (TPSA) is 26.0 Å². The second-order valence-electron chi connectivity index (χ2n) is 3.82. The van der Waals surface area contributed by atoms with E-state index >= 15 is 0 Å². The van der Waals surface area contributed by atoms with E-state index in [1.807, 2.05) is 0 Å². The van der Waals surface area contributed by atoms with Gasteiger partial charge in [-0.05, 0) is 51.8 Å². The predicted octanol–water partition coefficient (Wildman–Crippen LogP) is 4.43. The smallest absolute Gasteiger partial charge is 0.137 e. The Kier molecular flexibility index (Phi) is 4.00. The molecule has 1 unspecified atom stereocenters. The molecule has 2 aromatic carbocycles. The van der Waals surface area contributed by atoms with Crippen LogP contribution in [-0.2, 0) is 0 Å². The zero-order valence-corrected chi connectivity index (χ0v) is 11.5. The van der Waals surface area contributed by atoms with Gasteiger partial charge in [-0.3, -0.25) is 0 Å². The SMILES string of the molecule is NC(c1ccc(F)c(Br)c1)c1cc(Cl)ccc1F. The number of benzene rings is 2. The first-order valence-corrected chi connectivity index (χ1v) is 6.31. The van der Waals surface area contributed by atoms with Crippen LogP contribution in [-0.4, -0.2) is 0 Å². The minimum absolute atomic E-state index is 0.279. The highest BCUT2D eigenvalue weighted by Gasteiger charge is 2.15. The summed E-state index contributed by atoms with van der Waals surface area (Å²) < 4.78 is 27.1. The molecular weight excluding hydrogens is 324 g/mol. The lowest BCUT2D eigenvalue weighted by atomic mass is 9.99. The van der Waals surface area contributed by atoms with Gasteiger partial charge in [0.1, 0.15) is 11.6 Å². The minimum atomic E-state index is -0.694. The summed E-state index contributed by atoms with van der Waals surface area (Å²) in [6, 6.07) is 7.82. The molecule has 0 fully saturated rings. The van der Waals surface area contributed by atoms with Gasteiger partial charge in [0.25, 0.3) is 0 Å². The molecular formula is C13H9BrClF2N. The maximum Gasteiger partial charge on any atom is 0.137 e. The second kappa shape index (κ2) is 5.34. The van der Waals surface area contributed by atoms with Crippen LogP contribution in [0.15, 0.2) is 40.9 Å². The summed E-state index contributed by atoms with van der Waals surface area (Å²) in [6.07, 6.45) is 0. The number of hydrogen-bond acceptors (Lipinski definition) is 1. The van der Waals surface area contributed by atoms with Gasteiger partial charge in [-0.2, -0.15) is 0 Å². The summed E-state index contributed by atoms with van der Waals surface area (Å²) in [5.41, 5.74) is 6.84. The van der Waals surface area contributed by atoms with Crippen LogP contribution in [0.1, 0.15) is 17.2 Å². The van der Waals surface area contributed by atoms with Gasteiger partial charge in [0.05, 0.1) is 10.5 Å². The van der Waals surface area contributed by atoms with Gasteiger partial charge in [-0.15, -0.1) is 0 Å². The molecule has 0 heterocycles. The third kappa shape index (κ3) is 2.71. The van der Waals surface area contributed by atoms with Crippen LogP contribution < -0.4 is 5.73 Å². The zero-order chi connectivity index (χ0) is 13.3. The quantitative estimate of drug-likeness (QED) is 0.865. The maximum atomic E-state index is 13.7. The Hall–Kier alpha value is -0.970. The first-order chi connectivity index (χ1) is 8.49. The molecule has 0 spiro atoms. The van der Waals surface area contributed by atoms with Crippen LogP contribution >= 0.6 is 27.5 Å². The molecule has 0 radical (unpaired) electrons. The highest BCUT2D eigenvalue weighted by atomic mass is 79.9. The highest BCUT2D eigenvalue weighted by Crippen LogP contribution is 2.27. The van der Waals surface area contributed by atoms with E-state index in [0.717, 1.165) is 0 Å². The third-order valence-corrected chi connectivity index (χ3v) is 3.44. The van der Waals surface area contributed by atoms with Gasteiger partial charge in [0.15, 0.2) is 0 Å². The van der Waals surface area contributed by atoms with Crippen molar-refractivity contribution in [1.82, 2.24) is 0 Å². The van der Waals surface area contributed by atoms with Crippen molar-refractivity contribution in [2.75, 3.05) is 0 Å². The average Bonchev–Trinajstić information content (AvgIpc) is 2.35. The molecule has 0 amide bonds. The van der Waals surface area contributed by atoms with Crippen LogP contribution in [0.2, 0.25) is 5.02 Å². The second-order valence-corrected chi connectivity index (χ2v) is 5.11. The molecule has 0 aromatic heterocycles. The van der Waals surface area contributed by atoms with Crippen molar-refractivity contribution in [3.63, 3.8) is 0 Å². The van der Waals surface area contributed by atoms with E-state index in [9.17, 15) is 8.78 Å². The standard InChI is InChI=1S/C13H9BrClF2N/c14-10-5-7(1-3-12(10)17)13(18)9-6-8(15)2-4-11(9)16/h1-6,13H,18H2. The molecule has 2 aromatic rings. The first kappa shape index (κ1) is 13.5. The summed E-state index contributed by atoms with van der Waals surface area (Å²) in [6.45, 7) is 0. The Morgan fingerprint density at radius 2 is 1.72 bits per heavy atom. The molecule has 2 N–H and O–H groups in total. The van der Waals surface area contributed by atoms with Crippen molar-refractivity contribution >= 4 is 27.5 Å². The van der Waals surface area contributed by atoms with E-state index in [4.69, 9.17) is 17.3 Å². The van der Waals surface area contributed by atoms with Crippen molar-refractivity contribution < 1.29 is 8.78 Å². The number of rotatable bonds is 2. The van der Waals surface area contributed by atoms with Crippen LogP contribution in [0.25, 0.3) is 0 Å². The average molecular weight is 333 g/mol. The first-order valence-electron chi connectivity index (χ1n) is 5.14. The van der Waals surface area contributed by atoms with Crippen LogP contribution in [0.3, 0.4) is 0 Å². The summed E-state index contributed by atoms with van der Waals surface area (Å²) >= 11 is 8.88. The monoisotopic (exact) mass is 331 g/mol. The van der Waals surface area contributed by atoms with E-state index in [0.29, 0.717) is 10.6 Å². The molecule has 0 saturated heterocycles. The molecule has 5 heteroatoms. The fraction of sp³-hybridized carbons (Fsp3) is 0.0769. The zero-order valence-electron chi connectivity index (χ0n) is 9.13. The van der Waals surface area contributed by atoms with Crippen molar-refractivity contribution in [1.29, 1.82) is 0 Å². The Balaban J connectivity index is 2.44. The van der Waals surface area contributed by atoms with E-state index in [-0.39, 0.29) is 10.0 Å². The Labute approximate surface area is 117 Å². The van der Waals surface area contributed by atoms with Gasteiger partial charge in [0, 0.05) is 10.6 Å². The minimum Gasteiger partial charge on any atom is -0.320 e. The summed E-state index contributed by atoms with van der Waals surface area (Å²) in [4.78, 5) is 0. The molecule has 94 valence electrons. The highest BCUT2D eigenvalue weighted by molar-refractivity contribution is 9.10. The van der Waals surface area contributed by atoms with E-state index < -0.39 is 17.7 Å². The molecule has 1 nitrogen and oxygen atoms in total.